The molecule has 0 saturated heterocycles. The molecule has 3 rings (SSSR count). The summed E-state index contributed by atoms with van der Waals surface area (Å²) < 4.78 is 47.0. The third-order valence-corrected chi connectivity index (χ3v) is 4.80. The van der Waals surface area contributed by atoms with Crippen molar-refractivity contribution < 1.29 is 27.7 Å². The Morgan fingerprint density at radius 2 is 1.46 bits per heavy atom. The molecule has 0 amide bonds. The zero-order valence-corrected chi connectivity index (χ0v) is 16.4. The van der Waals surface area contributed by atoms with Gasteiger partial charge in [0, 0.05) is 14.2 Å². The second-order valence-electron chi connectivity index (χ2n) is 6.94. The second-order valence-corrected chi connectivity index (χ2v) is 6.94. The Hall–Kier alpha value is -2.12. The van der Waals surface area contributed by atoms with Crippen LogP contribution in [-0.2, 0) is 32.2 Å². The summed E-state index contributed by atoms with van der Waals surface area (Å²) in [5.74, 6) is -0.818. The number of methoxy groups -OCH3 is 2. The summed E-state index contributed by atoms with van der Waals surface area (Å²) in [6, 6.07) is 15.7. The van der Waals surface area contributed by atoms with Crippen LogP contribution in [0.1, 0.15) is 25.0 Å². The van der Waals surface area contributed by atoms with E-state index in [1.807, 2.05) is 42.5 Å². The summed E-state index contributed by atoms with van der Waals surface area (Å²) in [5.41, 5.74) is 1.39. The molecular formula is C22H24F2O4. The molecule has 0 aromatic heterocycles. The fraction of sp³-hybridized carbons (Fsp3) is 0.364. The minimum atomic E-state index is -3.66. The Morgan fingerprint density at radius 3 is 2.18 bits per heavy atom. The molecule has 28 heavy (non-hydrogen) atoms. The number of rotatable bonds is 8. The van der Waals surface area contributed by atoms with Crippen LogP contribution in [0.3, 0.4) is 0 Å². The van der Waals surface area contributed by atoms with Crippen molar-refractivity contribution in [1.29, 1.82) is 0 Å². The first-order valence-corrected chi connectivity index (χ1v) is 8.94. The number of alkyl halides is 2. The molecule has 0 saturated carbocycles. The predicted octanol–water partition coefficient (Wildman–Crippen LogP) is 5.61. The third-order valence-electron chi connectivity index (χ3n) is 4.80. The summed E-state index contributed by atoms with van der Waals surface area (Å²) in [6.07, 6.45) is -3.66. The molecule has 0 atom stereocenters. The lowest BCUT2D eigenvalue weighted by Gasteiger charge is -2.25. The van der Waals surface area contributed by atoms with Crippen molar-refractivity contribution >= 4 is 21.5 Å². The van der Waals surface area contributed by atoms with E-state index < -0.39 is 12.1 Å². The van der Waals surface area contributed by atoms with Gasteiger partial charge in [-0.3, -0.25) is 9.47 Å². The van der Waals surface area contributed by atoms with Gasteiger partial charge in [0.2, 0.25) is 0 Å². The van der Waals surface area contributed by atoms with Crippen molar-refractivity contribution in [1.82, 2.24) is 0 Å². The standard InChI is InChI=1S/C22H24F2O4/c1-21(2,25-3)27-14-19-17(13-28-22(23,24)26-4)12-11-16-10-9-15-7-5-6-8-18(15)20(16)19/h5-12H,13-14H2,1-4H3. The predicted molar refractivity (Wildman–Crippen MR) is 104 cm³/mol. The van der Waals surface area contributed by atoms with Crippen LogP contribution >= 0.6 is 0 Å². The van der Waals surface area contributed by atoms with Gasteiger partial charge in [0.25, 0.3) is 0 Å². The number of fused-ring (bicyclic) bond motifs is 3. The van der Waals surface area contributed by atoms with Gasteiger partial charge in [-0.1, -0.05) is 48.5 Å². The van der Waals surface area contributed by atoms with Crippen LogP contribution in [0.4, 0.5) is 8.78 Å². The number of ether oxygens (including phenoxy) is 4. The van der Waals surface area contributed by atoms with Gasteiger partial charge in [-0.15, -0.1) is 8.78 Å². The quantitative estimate of drug-likeness (QED) is 0.370. The van der Waals surface area contributed by atoms with Crippen LogP contribution in [0.2, 0.25) is 0 Å². The molecule has 6 heteroatoms. The summed E-state index contributed by atoms with van der Waals surface area (Å²) in [6.45, 7) is 3.46. The van der Waals surface area contributed by atoms with E-state index in [0.29, 0.717) is 5.56 Å². The topological polar surface area (TPSA) is 36.9 Å². The number of hydrogen-bond donors (Lipinski definition) is 0. The molecule has 0 aliphatic carbocycles. The van der Waals surface area contributed by atoms with Crippen molar-refractivity contribution in [3.8, 4) is 0 Å². The summed E-state index contributed by atoms with van der Waals surface area (Å²) in [7, 11) is 2.46. The maximum absolute atomic E-state index is 13.5. The van der Waals surface area contributed by atoms with Crippen LogP contribution in [-0.4, -0.2) is 26.3 Å². The van der Waals surface area contributed by atoms with E-state index in [0.717, 1.165) is 34.2 Å². The largest absolute Gasteiger partial charge is 0.485 e. The third kappa shape index (κ3) is 4.47. The molecular weight excluding hydrogens is 366 g/mol. The number of halogens is 2. The molecule has 0 heterocycles. The Bertz CT molecular complexity index is 969. The van der Waals surface area contributed by atoms with Gasteiger partial charge in [-0.2, -0.15) is 0 Å². The van der Waals surface area contributed by atoms with E-state index in [1.165, 1.54) is 0 Å². The molecule has 0 unspecified atom stereocenters. The van der Waals surface area contributed by atoms with Gasteiger partial charge in [0.05, 0.1) is 13.2 Å². The molecule has 3 aromatic rings. The highest BCUT2D eigenvalue weighted by Gasteiger charge is 2.30. The second kappa shape index (κ2) is 8.09. The van der Waals surface area contributed by atoms with Crippen LogP contribution in [0.15, 0.2) is 48.5 Å². The maximum Gasteiger partial charge on any atom is 0.485 e. The smallest absolute Gasteiger partial charge is 0.354 e. The fourth-order valence-corrected chi connectivity index (χ4v) is 3.04. The molecule has 0 aliphatic rings. The summed E-state index contributed by atoms with van der Waals surface area (Å²) in [5, 5.41) is 4.03. The van der Waals surface area contributed by atoms with Crippen LogP contribution in [0.5, 0.6) is 0 Å². The molecule has 0 spiro atoms. The molecule has 150 valence electrons. The molecule has 4 nitrogen and oxygen atoms in total. The maximum atomic E-state index is 13.5. The average Bonchev–Trinajstić information content (AvgIpc) is 2.70. The van der Waals surface area contributed by atoms with Crippen LogP contribution in [0, 0.1) is 0 Å². The Labute approximate surface area is 162 Å². The minimum absolute atomic E-state index is 0.184. The first kappa shape index (κ1) is 20.6. The highest BCUT2D eigenvalue weighted by molar-refractivity contribution is 6.09. The molecule has 0 radical (unpaired) electrons. The lowest BCUT2D eigenvalue weighted by atomic mass is 9.94. The Balaban J connectivity index is 2.13. The number of benzene rings is 3. The van der Waals surface area contributed by atoms with E-state index in [2.05, 4.69) is 9.47 Å². The van der Waals surface area contributed by atoms with E-state index in [1.54, 1.807) is 27.0 Å². The highest BCUT2D eigenvalue weighted by Crippen LogP contribution is 2.33. The van der Waals surface area contributed by atoms with Gasteiger partial charge in [0.1, 0.15) is 0 Å². The van der Waals surface area contributed by atoms with E-state index >= 15 is 0 Å². The van der Waals surface area contributed by atoms with Gasteiger partial charge in [0.15, 0.2) is 5.79 Å². The van der Waals surface area contributed by atoms with Crippen molar-refractivity contribution in [2.24, 2.45) is 0 Å². The monoisotopic (exact) mass is 390 g/mol. The van der Waals surface area contributed by atoms with Gasteiger partial charge in [-0.05, 0) is 46.5 Å². The zero-order valence-electron chi connectivity index (χ0n) is 16.4. The Morgan fingerprint density at radius 1 is 0.786 bits per heavy atom. The lowest BCUT2D eigenvalue weighted by molar-refractivity contribution is -0.387. The van der Waals surface area contributed by atoms with E-state index in [9.17, 15) is 8.78 Å². The van der Waals surface area contributed by atoms with Gasteiger partial charge >= 0.3 is 6.29 Å². The summed E-state index contributed by atoms with van der Waals surface area (Å²) >= 11 is 0. The fourth-order valence-electron chi connectivity index (χ4n) is 3.04. The first-order valence-electron chi connectivity index (χ1n) is 8.94. The molecule has 0 bridgehead atoms. The van der Waals surface area contributed by atoms with Gasteiger partial charge in [-0.25, -0.2) is 0 Å². The average molecular weight is 390 g/mol. The van der Waals surface area contributed by atoms with Crippen molar-refractivity contribution in [2.45, 2.75) is 39.1 Å². The SMILES string of the molecule is COC(C)(C)OCc1c(COC(F)(F)OC)ccc2ccc3ccccc3c12. The van der Waals surface area contributed by atoms with E-state index in [-0.39, 0.29) is 13.2 Å². The lowest BCUT2D eigenvalue weighted by Crippen LogP contribution is -2.27. The molecule has 0 aliphatic heterocycles. The van der Waals surface area contributed by atoms with Gasteiger partial charge < -0.3 is 9.47 Å². The minimum Gasteiger partial charge on any atom is -0.354 e. The van der Waals surface area contributed by atoms with E-state index in [4.69, 9.17) is 9.47 Å². The number of hydrogen-bond acceptors (Lipinski definition) is 4. The zero-order chi connectivity index (χ0) is 20.4. The van der Waals surface area contributed by atoms with Crippen molar-refractivity contribution in [2.75, 3.05) is 14.2 Å². The van der Waals surface area contributed by atoms with Crippen molar-refractivity contribution in [3.05, 3.63) is 59.7 Å². The van der Waals surface area contributed by atoms with Crippen LogP contribution < -0.4 is 0 Å². The highest BCUT2D eigenvalue weighted by atomic mass is 19.3. The first-order chi connectivity index (χ1) is 13.3. The molecule has 0 N–H and O–H groups in total. The summed E-state index contributed by atoms with van der Waals surface area (Å²) in [4.78, 5) is 0. The Kier molecular flexibility index (Phi) is 5.95. The molecule has 3 aromatic carbocycles. The van der Waals surface area contributed by atoms with Crippen LogP contribution in [0.25, 0.3) is 21.5 Å². The molecule has 0 fully saturated rings. The van der Waals surface area contributed by atoms with Crippen molar-refractivity contribution in [3.63, 3.8) is 0 Å². The normalized spacial score (nSPS) is 12.8.